The smallest absolute Gasteiger partial charge is 0.116 e. The molecule has 0 fully saturated rings. The SMILES string of the molecule is CCCCN=Cc1cccc(O)c1. The number of rotatable bonds is 4. The summed E-state index contributed by atoms with van der Waals surface area (Å²) in [6, 6.07) is 7.10. The molecular formula is C11H15NO. The molecule has 0 aliphatic heterocycles. The summed E-state index contributed by atoms with van der Waals surface area (Å²) in [5, 5.41) is 9.15. The van der Waals surface area contributed by atoms with Gasteiger partial charge in [0, 0.05) is 12.8 Å². The molecule has 1 aromatic rings. The second kappa shape index (κ2) is 5.36. The summed E-state index contributed by atoms with van der Waals surface area (Å²) < 4.78 is 0. The zero-order valence-electron chi connectivity index (χ0n) is 7.90. The number of phenols is 1. The summed E-state index contributed by atoms with van der Waals surface area (Å²) in [4.78, 5) is 4.24. The van der Waals surface area contributed by atoms with Gasteiger partial charge >= 0.3 is 0 Å². The average molecular weight is 177 g/mol. The topological polar surface area (TPSA) is 32.6 Å². The maximum atomic E-state index is 9.15. The molecule has 0 atom stereocenters. The van der Waals surface area contributed by atoms with Gasteiger partial charge in [0.05, 0.1) is 0 Å². The van der Waals surface area contributed by atoms with E-state index in [1.54, 1.807) is 18.3 Å². The van der Waals surface area contributed by atoms with Gasteiger partial charge in [0.2, 0.25) is 0 Å². The van der Waals surface area contributed by atoms with Crippen molar-refractivity contribution >= 4 is 6.21 Å². The molecule has 0 bridgehead atoms. The van der Waals surface area contributed by atoms with Crippen molar-refractivity contribution < 1.29 is 5.11 Å². The molecule has 0 saturated carbocycles. The van der Waals surface area contributed by atoms with E-state index in [0.29, 0.717) is 5.75 Å². The summed E-state index contributed by atoms with van der Waals surface area (Å²) in [6.07, 6.45) is 4.09. The van der Waals surface area contributed by atoms with Crippen LogP contribution in [0.1, 0.15) is 25.3 Å². The van der Waals surface area contributed by atoms with Gasteiger partial charge in [0.15, 0.2) is 0 Å². The van der Waals surface area contributed by atoms with Crippen LogP contribution in [0.4, 0.5) is 0 Å². The Hall–Kier alpha value is -1.31. The summed E-state index contributed by atoms with van der Waals surface area (Å²) in [7, 11) is 0. The van der Waals surface area contributed by atoms with E-state index in [4.69, 9.17) is 5.11 Å². The van der Waals surface area contributed by atoms with Crippen molar-refractivity contribution in [3.63, 3.8) is 0 Å². The van der Waals surface area contributed by atoms with Crippen molar-refractivity contribution in [1.82, 2.24) is 0 Å². The summed E-state index contributed by atoms with van der Waals surface area (Å²) in [5.74, 6) is 0.291. The zero-order chi connectivity index (χ0) is 9.52. The van der Waals surface area contributed by atoms with Gasteiger partial charge in [0.25, 0.3) is 0 Å². The molecule has 13 heavy (non-hydrogen) atoms. The van der Waals surface area contributed by atoms with Crippen LogP contribution < -0.4 is 0 Å². The van der Waals surface area contributed by atoms with Gasteiger partial charge in [-0.25, -0.2) is 0 Å². The van der Waals surface area contributed by atoms with Gasteiger partial charge in [-0.2, -0.15) is 0 Å². The molecule has 0 amide bonds. The first-order valence-electron chi connectivity index (χ1n) is 4.62. The van der Waals surface area contributed by atoms with Crippen LogP contribution in [0.2, 0.25) is 0 Å². The molecule has 70 valence electrons. The van der Waals surface area contributed by atoms with Crippen molar-refractivity contribution in [3.05, 3.63) is 29.8 Å². The molecule has 0 aliphatic carbocycles. The summed E-state index contributed by atoms with van der Waals surface area (Å²) >= 11 is 0. The summed E-state index contributed by atoms with van der Waals surface area (Å²) in [5.41, 5.74) is 0.955. The number of aliphatic imine (C=N–C) groups is 1. The third kappa shape index (κ3) is 3.74. The first-order chi connectivity index (χ1) is 6.33. The van der Waals surface area contributed by atoms with E-state index in [-0.39, 0.29) is 0 Å². The van der Waals surface area contributed by atoms with Crippen LogP contribution in [0.5, 0.6) is 5.75 Å². The minimum atomic E-state index is 0.291. The van der Waals surface area contributed by atoms with Crippen LogP contribution in [0, 0.1) is 0 Å². The number of benzene rings is 1. The van der Waals surface area contributed by atoms with Gasteiger partial charge in [-0.05, 0) is 24.1 Å². The lowest BCUT2D eigenvalue weighted by molar-refractivity contribution is 0.475. The van der Waals surface area contributed by atoms with Crippen LogP contribution in [-0.4, -0.2) is 17.9 Å². The third-order valence-corrected chi connectivity index (χ3v) is 1.75. The lowest BCUT2D eigenvalue weighted by atomic mass is 10.2. The van der Waals surface area contributed by atoms with E-state index in [1.807, 2.05) is 12.1 Å². The zero-order valence-corrected chi connectivity index (χ0v) is 7.90. The minimum absolute atomic E-state index is 0.291. The highest BCUT2D eigenvalue weighted by atomic mass is 16.3. The Morgan fingerprint density at radius 2 is 2.31 bits per heavy atom. The van der Waals surface area contributed by atoms with Crippen molar-refractivity contribution in [2.75, 3.05) is 6.54 Å². The second-order valence-electron chi connectivity index (χ2n) is 2.98. The van der Waals surface area contributed by atoms with Crippen LogP contribution in [0.3, 0.4) is 0 Å². The number of nitrogens with zero attached hydrogens (tertiary/aromatic N) is 1. The van der Waals surface area contributed by atoms with Crippen LogP contribution >= 0.6 is 0 Å². The fraction of sp³-hybridized carbons (Fsp3) is 0.364. The van der Waals surface area contributed by atoms with E-state index < -0.39 is 0 Å². The molecule has 2 heteroatoms. The largest absolute Gasteiger partial charge is 0.508 e. The summed E-state index contributed by atoms with van der Waals surface area (Å²) in [6.45, 7) is 3.01. The van der Waals surface area contributed by atoms with E-state index in [9.17, 15) is 0 Å². The van der Waals surface area contributed by atoms with Gasteiger partial charge in [0.1, 0.15) is 5.75 Å². The first-order valence-corrected chi connectivity index (χ1v) is 4.62. The fourth-order valence-corrected chi connectivity index (χ4v) is 1.02. The molecule has 1 N–H and O–H groups in total. The Morgan fingerprint density at radius 3 is 3.00 bits per heavy atom. The third-order valence-electron chi connectivity index (χ3n) is 1.75. The van der Waals surface area contributed by atoms with Crippen LogP contribution in [0.15, 0.2) is 29.3 Å². The molecule has 1 rings (SSSR count). The molecule has 1 aromatic carbocycles. The van der Waals surface area contributed by atoms with E-state index in [2.05, 4.69) is 11.9 Å². The fourth-order valence-electron chi connectivity index (χ4n) is 1.02. The van der Waals surface area contributed by atoms with Gasteiger partial charge in [-0.1, -0.05) is 25.5 Å². The Morgan fingerprint density at radius 1 is 1.46 bits per heavy atom. The molecule has 0 spiro atoms. The molecule has 0 saturated heterocycles. The molecule has 0 aliphatic rings. The predicted molar refractivity (Wildman–Crippen MR) is 55.5 cm³/mol. The maximum Gasteiger partial charge on any atom is 0.116 e. The monoisotopic (exact) mass is 177 g/mol. The lowest BCUT2D eigenvalue weighted by Gasteiger charge is -1.94. The van der Waals surface area contributed by atoms with E-state index >= 15 is 0 Å². The van der Waals surface area contributed by atoms with Gasteiger partial charge in [-0.15, -0.1) is 0 Å². The number of aromatic hydroxyl groups is 1. The number of unbranched alkanes of at least 4 members (excludes halogenated alkanes) is 1. The molecule has 0 radical (unpaired) electrons. The molecule has 0 heterocycles. The molecule has 0 unspecified atom stereocenters. The first kappa shape index (κ1) is 9.78. The minimum Gasteiger partial charge on any atom is -0.508 e. The average Bonchev–Trinajstić information content (AvgIpc) is 2.13. The Labute approximate surface area is 78.9 Å². The Kier molecular flexibility index (Phi) is 4.03. The standard InChI is InChI=1S/C11H15NO/c1-2-3-7-12-9-10-5-4-6-11(13)8-10/h4-6,8-9,13H,2-3,7H2,1H3. The van der Waals surface area contributed by atoms with Crippen LogP contribution in [0.25, 0.3) is 0 Å². The van der Waals surface area contributed by atoms with Crippen molar-refractivity contribution in [3.8, 4) is 5.75 Å². The predicted octanol–water partition coefficient (Wildman–Crippen LogP) is 2.61. The Bertz CT molecular complexity index is 281. The highest BCUT2D eigenvalue weighted by Crippen LogP contribution is 2.08. The van der Waals surface area contributed by atoms with Gasteiger partial charge < -0.3 is 5.11 Å². The van der Waals surface area contributed by atoms with Crippen molar-refractivity contribution in [1.29, 1.82) is 0 Å². The molecule has 0 aromatic heterocycles. The molecular weight excluding hydrogens is 162 g/mol. The van der Waals surface area contributed by atoms with E-state index in [0.717, 1.165) is 24.9 Å². The van der Waals surface area contributed by atoms with Gasteiger partial charge in [-0.3, -0.25) is 4.99 Å². The van der Waals surface area contributed by atoms with Crippen molar-refractivity contribution in [2.24, 2.45) is 4.99 Å². The van der Waals surface area contributed by atoms with Crippen LogP contribution in [-0.2, 0) is 0 Å². The quantitative estimate of drug-likeness (QED) is 0.556. The second-order valence-corrected chi connectivity index (χ2v) is 2.98. The highest BCUT2D eigenvalue weighted by Gasteiger charge is 1.88. The number of phenolic OH excluding ortho intramolecular Hbond substituents is 1. The normalized spacial score (nSPS) is 10.8. The number of hydrogen-bond acceptors (Lipinski definition) is 2. The maximum absolute atomic E-state index is 9.15. The Balaban J connectivity index is 2.48. The number of hydrogen-bond donors (Lipinski definition) is 1. The lowest BCUT2D eigenvalue weighted by Crippen LogP contribution is -1.83. The van der Waals surface area contributed by atoms with Crippen molar-refractivity contribution in [2.45, 2.75) is 19.8 Å². The highest BCUT2D eigenvalue weighted by molar-refractivity contribution is 5.80. The molecule has 2 nitrogen and oxygen atoms in total. The van der Waals surface area contributed by atoms with E-state index in [1.165, 1.54) is 0 Å².